The van der Waals surface area contributed by atoms with E-state index in [0.717, 1.165) is 10.2 Å². The largest absolute Gasteiger partial charge is 0.490 e. The van der Waals surface area contributed by atoms with Gasteiger partial charge in [0.2, 0.25) is 0 Å². The van der Waals surface area contributed by atoms with Gasteiger partial charge < -0.3 is 10.1 Å². The summed E-state index contributed by atoms with van der Waals surface area (Å²) >= 11 is 3.52. The molecule has 0 aliphatic heterocycles. The van der Waals surface area contributed by atoms with Crippen LogP contribution in [0.2, 0.25) is 0 Å². The highest BCUT2D eigenvalue weighted by Crippen LogP contribution is 2.32. The maximum absolute atomic E-state index is 6.14. The number of ether oxygens (including phenoxy) is 1. The van der Waals surface area contributed by atoms with E-state index in [9.17, 15) is 0 Å². The molecule has 94 valence electrons. The Kier molecular flexibility index (Phi) is 4.46. The Bertz CT molecular complexity index is 374. The molecule has 0 heterocycles. The van der Waals surface area contributed by atoms with Crippen molar-refractivity contribution < 1.29 is 4.74 Å². The molecule has 1 aliphatic rings. The van der Waals surface area contributed by atoms with Gasteiger partial charge in [0.15, 0.2) is 0 Å². The number of nitrogens with one attached hydrogen (secondary N) is 1. The quantitative estimate of drug-likeness (QED) is 0.905. The minimum absolute atomic E-state index is 0.319. The lowest BCUT2D eigenvalue weighted by molar-refractivity contribution is 0.206. The van der Waals surface area contributed by atoms with Crippen LogP contribution < -0.4 is 10.1 Å². The molecular formula is C14H20BrNO. The summed E-state index contributed by atoms with van der Waals surface area (Å²) in [4.78, 5) is 0. The predicted octanol–water partition coefficient (Wildman–Crippen LogP) is 4.05. The van der Waals surface area contributed by atoms with Crippen LogP contribution in [0.5, 0.6) is 5.75 Å². The van der Waals surface area contributed by atoms with Gasteiger partial charge in [0.1, 0.15) is 5.75 Å². The van der Waals surface area contributed by atoms with Gasteiger partial charge in [-0.05, 0) is 51.8 Å². The fourth-order valence-electron chi connectivity index (χ4n) is 2.31. The molecule has 2 rings (SSSR count). The molecule has 1 unspecified atom stereocenters. The van der Waals surface area contributed by atoms with Crippen LogP contribution in [-0.4, -0.2) is 13.2 Å². The second-order valence-corrected chi connectivity index (χ2v) is 5.63. The summed E-state index contributed by atoms with van der Waals surface area (Å²) in [5, 5.41) is 3.27. The van der Waals surface area contributed by atoms with Gasteiger partial charge in [-0.25, -0.2) is 0 Å². The van der Waals surface area contributed by atoms with E-state index in [1.807, 2.05) is 7.05 Å². The van der Waals surface area contributed by atoms with Crippen molar-refractivity contribution in [2.24, 2.45) is 0 Å². The lowest BCUT2D eigenvalue weighted by Crippen LogP contribution is -2.17. The Morgan fingerprint density at radius 2 is 2.06 bits per heavy atom. The van der Waals surface area contributed by atoms with Crippen molar-refractivity contribution in [2.45, 2.75) is 44.8 Å². The van der Waals surface area contributed by atoms with Gasteiger partial charge in [0, 0.05) is 16.1 Å². The lowest BCUT2D eigenvalue weighted by atomic mass is 10.1. The minimum Gasteiger partial charge on any atom is -0.490 e. The van der Waals surface area contributed by atoms with Crippen LogP contribution in [-0.2, 0) is 0 Å². The van der Waals surface area contributed by atoms with Crippen LogP contribution >= 0.6 is 15.9 Å². The number of hydrogen-bond acceptors (Lipinski definition) is 2. The van der Waals surface area contributed by atoms with Crippen LogP contribution in [0.3, 0.4) is 0 Å². The summed E-state index contributed by atoms with van der Waals surface area (Å²) in [6.45, 7) is 2.16. The standard InChI is InChI=1S/C14H20BrNO/c1-10(16-2)13-8-7-11(15)9-14(13)17-12-5-3-4-6-12/h7-10,12,16H,3-6H2,1-2H3. The molecule has 1 N–H and O–H groups in total. The monoisotopic (exact) mass is 297 g/mol. The van der Waals surface area contributed by atoms with Crippen molar-refractivity contribution in [1.29, 1.82) is 0 Å². The lowest BCUT2D eigenvalue weighted by Gasteiger charge is -2.20. The van der Waals surface area contributed by atoms with Gasteiger partial charge in [-0.15, -0.1) is 0 Å². The molecule has 1 aromatic carbocycles. The Labute approximate surface area is 112 Å². The average molecular weight is 298 g/mol. The van der Waals surface area contributed by atoms with Crippen molar-refractivity contribution in [2.75, 3.05) is 7.05 Å². The summed E-state index contributed by atoms with van der Waals surface area (Å²) in [6.07, 6.45) is 5.40. The predicted molar refractivity (Wildman–Crippen MR) is 74.5 cm³/mol. The molecule has 0 amide bonds. The molecule has 1 atom stereocenters. The molecule has 1 saturated carbocycles. The van der Waals surface area contributed by atoms with Gasteiger partial charge in [-0.3, -0.25) is 0 Å². The van der Waals surface area contributed by atoms with E-state index in [1.165, 1.54) is 31.2 Å². The normalized spacial score (nSPS) is 18.3. The van der Waals surface area contributed by atoms with Crippen molar-refractivity contribution in [1.82, 2.24) is 5.32 Å². The second-order valence-electron chi connectivity index (χ2n) is 4.72. The third kappa shape index (κ3) is 3.23. The minimum atomic E-state index is 0.319. The highest BCUT2D eigenvalue weighted by molar-refractivity contribution is 9.10. The number of hydrogen-bond donors (Lipinski definition) is 1. The van der Waals surface area contributed by atoms with Crippen LogP contribution in [0.1, 0.15) is 44.2 Å². The SMILES string of the molecule is CNC(C)c1ccc(Br)cc1OC1CCCC1. The first kappa shape index (κ1) is 12.9. The first-order chi connectivity index (χ1) is 8.20. The summed E-state index contributed by atoms with van der Waals surface area (Å²) in [7, 11) is 1.98. The topological polar surface area (TPSA) is 21.3 Å². The first-order valence-corrected chi connectivity index (χ1v) is 7.13. The van der Waals surface area contributed by atoms with Crippen molar-refractivity contribution in [3.05, 3.63) is 28.2 Å². The summed E-state index contributed by atoms with van der Waals surface area (Å²) < 4.78 is 7.22. The molecule has 0 aromatic heterocycles. The molecule has 3 heteroatoms. The Morgan fingerprint density at radius 3 is 2.71 bits per heavy atom. The van der Waals surface area contributed by atoms with Gasteiger partial charge in [-0.2, -0.15) is 0 Å². The van der Waals surface area contributed by atoms with Crippen molar-refractivity contribution in [3.8, 4) is 5.75 Å². The van der Waals surface area contributed by atoms with E-state index in [1.54, 1.807) is 0 Å². The second kappa shape index (κ2) is 5.87. The van der Waals surface area contributed by atoms with Crippen LogP contribution in [0.25, 0.3) is 0 Å². The Morgan fingerprint density at radius 1 is 1.35 bits per heavy atom. The smallest absolute Gasteiger partial charge is 0.125 e. The highest BCUT2D eigenvalue weighted by Gasteiger charge is 2.19. The van der Waals surface area contributed by atoms with Crippen LogP contribution in [0, 0.1) is 0 Å². The van der Waals surface area contributed by atoms with Gasteiger partial charge in [0.25, 0.3) is 0 Å². The number of benzene rings is 1. The molecule has 1 fully saturated rings. The van der Waals surface area contributed by atoms with Crippen molar-refractivity contribution >= 4 is 15.9 Å². The fourth-order valence-corrected chi connectivity index (χ4v) is 2.65. The zero-order valence-electron chi connectivity index (χ0n) is 10.5. The molecular weight excluding hydrogens is 278 g/mol. The first-order valence-electron chi connectivity index (χ1n) is 6.34. The van der Waals surface area contributed by atoms with Gasteiger partial charge in [0.05, 0.1) is 6.10 Å². The van der Waals surface area contributed by atoms with E-state index >= 15 is 0 Å². The maximum Gasteiger partial charge on any atom is 0.125 e. The Balaban J connectivity index is 2.19. The fraction of sp³-hybridized carbons (Fsp3) is 0.571. The summed E-state index contributed by atoms with van der Waals surface area (Å²) in [5.74, 6) is 1.02. The number of halogens is 1. The van der Waals surface area contributed by atoms with Gasteiger partial charge in [-0.1, -0.05) is 22.0 Å². The molecule has 0 radical (unpaired) electrons. The molecule has 2 nitrogen and oxygen atoms in total. The number of rotatable bonds is 4. The zero-order valence-corrected chi connectivity index (χ0v) is 12.1. The van der Waals surface area contributed by atoms with E-state index < -0.39 is 0 Å². The maximum atomic E-state index is 6.14. The average Bonchev–Trinajstić information content (AvgIpc) is 2.81. The molecule has 1 aliphatic carbocycles. The highest BCUT2D eigenvalue weighted by atomic mass is 79.9. The van der Waals surface area contributed by atoms with E-state index in [0.29, 0.717) is 12.1 Å². The van der Waals surface area contributed by atoms with Gasteiger partial charge >= 0.3 is 0 Å². The Hall–Kier alpha value is -0.540. The third-order valence-corrected chi connectivity index (χ3v) is 3.96. The van der Waals surface area contributed by atoms with Crippen LogP contribution in [0.4, 0.5) is 0 Å². The van der Waals surface area contributed by atoms with E-state index in [4.69, 9.17) is 4.74 Å². The van der Waals surface area contributed by atoms with Crippen LogP contribution in [0.15, 0.2) is 22.7 Å². The molecule has 0 spiro atoms. The molecule has 0 bridgehead atoms. The molecule has 0 saturated heterocycles. The van der Waals surface area contributed by atoms with Crippen molar-refractivity contribution in [3.63, 3.8) is 0 Å². The summed E-state index contributed by atoms with van der Waals surface area (Å²) in [5.41, 5.74) is 1.24. The third-order valence-electron chi connectivity index (χ3n) is 3.47. The van der Waals surface area contributed by atoms with E-state index in [2.05, 4.69) is 46.4 Å². The molecule has 1 aromatic rings. The molecule has 17 heavy (non-hydrogen) atoms. The zero-order chi connectivity index (χ0) is 12.3. The van der Waals surface area contributed by atoms with E-state index in [-0.39, 0.29) is 0 Å². The summed E-state index contributed by atoms with van der Waals surface area (Å²) in [6, 6.07) is 6.61.